The number of carbonyl (C=O) groups excluding carboxylic acids is 2. The molecule has 0 saturated carbocycles. The summed E-state index contributed by atoms with van der Waals surface area (Å²) in [4.78, 5) is 27.5. The average Bonchev–Trinajstić information content (AvgIpc) is 3.05. The lowest BCUT2D eigenvalue weighted by atomic mass is 9.80. The van der Waals surface area contributed by atoms with Gasteiger partial charge in [-0.15, -0.1) is 0 Å². The Labute approximate surface area is 253 Å². The minimum absolute atomic E-state index is 0. The first-order valence-electron chi connectivity index (χ1n) is 16.0. The number of fused-ring (bicyclic) bond motifs is 2. The number of hydrogen-bond acceptors (Lipinski definition) is 3. The average molecular weight is 562 g/mol. The summed E-state index contributed by atoms with van der Waals surface area (Å²) in [6, 6.07) is 31.8. The number of likely N-dealkylation sites (tertiary alicyclic amines) is 1. The van der Waals surface area contributed by atoms with Crippen molar-refractivity contribution < 1.29 is 11.0 Å². The third-order valence-electron chi connectivity index (χ3n) is 9.15. The van der Waals surface area contributed by atoms with Crippen LogP contribution in [0.4, 0.5) is 0 Å². The lowest BCUT2D eigenvalue weighted by molar-refractivity contribution is 0.0876. The zero-order valence-electron chi connectivity index (χ0n) is 25.4. The quantitative estimate of drug-likeness (QED) is 0.201. The van der Waals surface area contributed by atoms with Crippen LogP contribution in [0.5, 0.6) is 0 Å². The summed E-state index contributed by atoms with van der Waals surface area (Å²) >= 11 is 0. The van der Waals surface area contributed by atoms with Crippen LogP contribution < -0.4 is 0 Å². The van der Waals surface area contributed by atoms with Gasteiger partial charge in [0.25, 0.3) is 0 Å². The lowest BCUT2D eigenvalue weighted by Gasteiger charge is -2.33. The third-order valence-corrected chi connectivity index (χ3v) is 9.15. The van der Waals surface area contributed by atoms with Gasteiger partial charge in [0.05, 0.1) is 0 Å². The number of carbonyl (C=O) groups is 2. The molecule has 0 aromatic heterocycles. The summed E-state index contributed by atoms with van der Waals surface area (Å²) in [6.45, 7) is 7.36. The Morgan fingerprint density at radius 1 is 0.833 bits per heavy atom. The molecule has 1 saturated heterocycles. The summed E-state index contributed by atoms with van der Waals surface area (Å²) in [5.41, 5.74) is 5.57. The van der Waals surface area contributed by atoms with E-state index < -0.39 is 0 Å². The summed E-state index contributed by atoms with van der Waals surface area (Å²) in [6.07, 6.45) is 8.10. The highest BCUT2D eigenvalue weighted by Gasteiger charge is 2.29. The van der Waals surface area contributed by atoms with Gasteiger partial charge in [0.2, 0.25) is 0 Å². The number of nitrogens with zero attached hydrogens (tertiary/aromatic N) is 1. The zero-order valence-corrected chi connectivity index (χ0v) is 25.4. The van der Waals surface area contributed by atoms with Crippen LogP contribution in [-0.2, 0) is 12.8 Å². The second-order valence-electron chi connectivity index (χ2n) is 12.0. The summed E-state index contributed by atoms with van der Waals surface area (Å²) < 4.78 is 0. The number of aryl methyl sites for hydroxylation is 2. The van der Waals surface area contributed by atoms with E-state index in [1.807, 2.05) is 25.1 Å². The van der Waals surface area contributed by atoms with Crippen molar-refractivity contribution in [2.24, 2.45) is 5.92 Å². The maximum absolute atomic E-state index is 13.0. The fourth-order valence-electron chi connectivity index (χ4n) is 6.61. The van der Waals surface area contributed by atoms with Crippen LogP contribution in [0.15, 0.2) is 91.0 Å². The highest BCUT2D eigenvalue weighted by atomic mass is 16.1. The predicted molar refractivity (Wildman–Crippen MR) is 177 cm³/mol. The highest BCUT2D eigenvalue weighted by Crippen LogP contribution is 2.31. The number of rotatable bonds is 8. The van der Waals surface area contributed by atoms with Crippen LogP contribution in [-0.4, -0.2) is 36.1 Å². The molecule has 0 spiro atoms. The summed E-state index contributed by atoms with van der Waals surface area (Å²) in [5.74, 6) is 1.24. The van der Waals surface area contributed by atoms with E-state index in [1.165, 1.54) is 47.6 Å². The minimum atomic E-state index is 0. The van der Waals surface area contributed by atoms with Crippen molar-refractivity contribution in [3.8, 4) is 0 Å². The Morgan fingerprint density at radius 3 is 2.31 bits per heavy atom. The van der Waals surface area contributed by atoms with E-state index in [0.717, 1.165) is 55.6 Å². The molecule has 220 valence electrons. The smallest absolute Gasteiger partial charge is 0.166 e. The van der Waals surface area contributed by atoms with Gasteiger partial charge < -0.3 is 4.90 Å². The van der Waals surface area contributed by atoms with E-state index in [1.54, 1.807) is 0 Å². The number of Topliss-reactive ketones (excluding diaryl/α,β-unsaturated/α-hetero) is 2. The molecular formula is C39H47NO2. The Hall–Kier alpha value is -3.56. The van der Waals surface area contributed by atoms with Crippen LogP contribution in [0, 0.1) is 5.92 Å². The van der Waals surface area contributed by atoms with Gasteiger partial charge in [0.1, 0.15) is 0 Å². The lowest BCUT2D eigenvalue weighted by Crippen LogP contribution is -2.35. The van der Waals surface area contributed by atoms with Gasteiger partial charge in [-0.2, -0.15) is 0 Å². The van der Waals surface area contributed by atoms with Crippen LogP contribution in [0.3, 0.4) is 0 Å². The van der Waals surface area contributed by atoms with Crippen molar-refractivity contribution in [1.29, 1.82) is 0 Å². The molecule has 2 aliphatic rings. The molecule has 6 rings (SSSR count). The topological polar surface area (TPSA) is 37.4 Å². The van der Waals surface area contributed by atoms with E-state index in [-0.39, 0.29) is 18.9 Å². The van der Waals surface area contributed by atoms with Gasteiger partial charge >= 0.3 is 0 Å². The zero-order chi connectivity index (χ0) is 29.3. The van der Waals surface area contributed by atoms with Crippen molar-refractivity contribution in [2.45, 2.75) is 71.1 Å². The highest BCUT2D eigenvalue weighted by molar-refractivity contribution is 6.02. The van der Waals surface area contributed by atoms with Gasteiger partial charge in [-0.1, -0.05) is 105 Å². The second-order valence-corrected chi connectivity index (χ2v) is 12.0. The Balaban J connectivity index is 0.000000253. The first-order valence-corrected chi connectivity index (χ1v) is 16.0. The molecule has 1 atom stereocenters. The molecule has 1 aliphatic heterocycles. The summed E-state index contributed by atoms with van der Waals surface area (Å²) in [7, 11) is 0. The fraction of sp³-hybridized carbons (Fsp3) is 0.385. The van der Waals surface area contributed by atoms with Crippen molar-refractivity contribution in [3.05, 3.63) is 119 Å². The molecule has 0 amide bonds. The summed E-state index contributed by atoms with van der Waals surface area (Å²) in [5, 5.41) is 2.69. The van der Waals surface area contributed by atoms with Crippen molar-refractivity contribution in [3.63, 3.8) is 0 Å². The van der Waals surface area contributed by atoms with Gasteiger partial charge in [-0.25, -0.2) is 0 Å². The first kappa shape index (κ1) is 29.9. The van der Waals surface area contributed by atoms with Gasteiger partial charge in [-0.3, -0.25) is 9.59 Å². The van der Waals surface area contributed by atoms with Crippen LogP contribution in [0.2, 0.25) is 0 Å². The maximum atomic E-state index is 13.0. The molecule has 42 heavy (non-hydrogen) atoms. The SMILES string of the molecule is CCC(=O)c1ccc2c(c1)CCC(CCN1CCC(c3ccccc3)CC1)C2=O.CCCc1ccc2ccccc2c1.[HH]. The predicted octanol–water partition coefficient (Wildman–Crippen LogP) is 9.33. The molecule has 0 N–H and O–H groups in total. The molecule has 1 heterocycles. The van der Waals surface area contributed by atoms with E-state index in [9.17, 15) is 9.59 Å². The molecule has 0 radical (unpaired) electrons. The molecule has 1 unspecified atom stereocenters. The molecule has 1 fully saturated rings. The Bertz CT molecular complexity index is 1490. The second kappa shape index (κ2) is 14.6. The molecule has 4 aromatic carbocycles. The van der Waals surface area contributed by atoms with E-state index in [0.29, 0.717) is 12.3 Å². The molecule has 4 aromatic rings. The number of ketones is 2. The number of hydrogen-bond donors (Lipinski definition) is 0. The number of benzene rings is 4. The minimum Gasteiger partial charge on any atom is -0.303 e. The molecular weight excluding hydrogens is 514 g/mol. The van der Waals surface area contributed by atoms with Crippen LogP contribution >= 0.6 is 0 Å². The van der Waals surface area contributed by atoms with Gasteiger partial charge in [0.15, 0.2) is 11.6 Å². The monoisotopic (exact) mass is 561 g/mol. The van der Waals surface area contributed by atoms with Crippen molar-refractivity contribution in [1.82, 2.24) is 4.90 Å². The third kappa shape index (κ3) is 7.44. The Kier molecular flexibility index (Phi) is 10.4. The largest absolute Gasteiger partial charge is 0.303 e. The standard InChI is InChI=1S/C26H31NO2.C13H14.H2/c1-2-25(28)23-10-11-24-22(18-23)9-8-21(26(24)29)14-17-27-15-12-20(13-16-27)19-6-4-3-5-7-19;1-2-5-11-8-9-12-6-3-4-7-13(12)10-11;/h3-7,10-11,18,20-21H,2,8-9,12-17H2,1H3;3-4,6-10H,2,5H2,1H3;1H. The van der Waals surface area contributed by atoms with Crippen molar-refractivity contribution in [2.75, 3.05) is 19.6 Å². The normalized spacial score (nSPS) is 17.4. The number of piperidine rings is 1. The first-order chi connectivity index (χ1) is 20.6. The van der Waals surface area contributed by atoms with E-state index >= 15 is 0 Å². The van der Waals surface area contributed by atoms with E-state index in [4.69, 9.17) is 0 Å². The molecule has 3 nitrogen and oxygen atoms in total. The van der Waals surface area contributed by atoms with Gasteiger partial charge in [-0.05, 0) is 97.6 Å². The van der Waals surface area contributed by atoms with E-state index in [2.05, 4.69) is 84.6 Å². The maximum Gasteiger partial charge on any atom is 0.166 e. The van der Waals surface area contributed by atoms with Crippen LogP contribution in [0.25, 0.3) is 10.8 Å². The molecule has 1 aliphatic carbocycles. The van der Waals surface area contributed by atoms with Crippen LogP contribution in [0.1, 0.15) is 97.1 Å². The van der Waals surface area contributed by atoms with Crippen molar-refractivity contribution >= 4 is 22.3 Å². The van der Waals surface area contributed by atoms with Gasteiger partial charge in [0, 0.05) is 24.9 Å². The Morgan fingerprint density at radius 2 is 1.57 bits per heavy atom. The fourth-order valence-corrected chi connectivity index (χ4v) is 6.61. The molecule has 3 heteroatoms. The molecule has 0 bridgehead atoms.